The molecule has 0 aliphatic rings. The van der Waals surface area contributed by atoms with Crippen molar-refractivity contribution in [2.75, 3.05) is 0 Å². The van der Waals surface area contributed by atoms with E-state index in [-0.39, 0.29) is 19.4 Å². The number of carboxylic acid groups (broad SMARTS) is 1. The number of urea groups is 1. The van der Waals surface area contributed by atoms with Gasteiger partial charge in [0.05, 0.1) is 12.2 Å². The summed E-state index contributed by atoms with van der Waals surface area (Å²) in [6.07, 6.45) is 1.44. The summed E-state index contributed by atoms with van der Waals surface area (Å²) in [7, 11) is 0. The molecule has 1 atom stereocenters. The van der Waals surface area contributed by atoms with Gasteiger partial charge in [-0.1, -0.05) is 6.07 Å². The number of nitrogens with two attached hydrogens (primary N) is 1. The normalized spacial score (nSPS) is 11.5. The Bertz CT molecular complexity index is 533. The number of carboxylic acids is 1. The van der Waals surface area contributed by atoms with Gasteiger partial charge in [0.1, 0.15) is 6.04 Å². The number of aromatic nitrogens is 1. The fraction of sp³-hybridized carbons (Fsp3) is 0.385. The highest BCUT2D eigenvalue weighted by atomic mass is 16.4. The first kappa shape index (κ1) is 16.4. The van der Waals surface area contributed by atoms with Crippen LogP contribution in [0.3, 0.4) is 0 Å². The highest BCUT2D eigenvalue weighted by molar-refractivity contribution is 5.83. The second-order valence-electron chi connectivity index (χ2n) is 4.49. The molecule has 0 fully saturated rings. The maximum absolute atomic E-state index is 11.7. The van der Waals surface area contributed by atoms with Crippen LogP contribution in [0.2, 0.25) is 0 Å². The van der Waals surface area contributed by atoms with Gasteiger partial charge >= 0.3 is 12.0 Å². The molecule has 0 aromatic carbocycles. The van der Waals surface area contributed by atoms with Crippen LogP contribution in [-0.4, -0.2) is 34.0 Å². The number of carbonyl (C=O) groups is 3. The zero-order chi connectivity index (χ0) is 15.8. The molecule has 1 aromatic rings. The molecule has 0 unspecified atom stereocenters. The van der Waals surface area contributed by atoms with Crippen LogP contribution in [0.25, 0.3) is 0 Å². The van der Waals surface area contributed by atoms with Crippen molar-refractivity contribution in [3.63, 3.8) is 0 Å². The van der Waals surface area contributed by atoms with E-state index < -0.39 is 23.9 Å². The summed E-state index contributed by atoms with van der Waals surface area (Å²) < 4.78 is 0. The number of nitrogens with zero attached hydrogens (tertiary/aromatic N) is 1. The van der Waals surface area contributed by atoms with Gasteiger partial charge in [0.25, 0.3) is 0 Å². The Morgan fingerprint density at radius 2 is 2.14 bits per heavy atom. The monoisotopic (exact) mass is 294 g/mol. The number of primary amides is 1. The molecule has 1 rings (SSSR count). The summed E-state index contributed by atoms with van der Waals surface area (Å²) in [5.74, 6) is -1.84. The van der Waals surface area contributed by atoms with Crippen LogP contribution in [0.4, 0.5) is 4.79 Å². The first-order valence-electron chi connectivity index (χ1n) is 6.36. The number of hydrogen-bond donors (Lipinski definition) is 4. The minimum Gasteiger partial charge on any atom is -0.480 e. The second kappa shape index (κ2) is 7.83. The molecular formula is C13H18N4O4. The van der Waals surface area contributed by atoms with Crippen LogP contribution < -0.4 is 16.4 Å². The van der Waals surface area contributed by atoms with E-state index in [0.29, 0.717) is 5.69 Å². The van der Waals surface area contributed by atoms with Crippen molar-refractivity contribution in [1.82, 2.24) is 15.6 Å². The fourth-order valence-electron chi connectivity index (χ4n) is 1.62. The van der Waals surface area contributed by atoms with Crippen molar-refractivity contribution < 1.29 is 19.5 Å². The van der Waals surface area contributed by atoms with Crippen LogP contribution in [0, 0.1) is 6.92 Å². The molecule has 0 saturated carbocycles. The second-order valence-corrected chi connectivity index (χ2v) is 4.49. The Morgan fingerprint density at radius 1 is 1.43 bits per heavy atom. The molecule has 0 aliphatic carbocycles. The van der Waals surface area contributed by atoms with Crippen molar-refractivity contribution in [3.8, 4) is 0 Å². The van der Waals surface area contributed by atoms with E-state index in [1.807, 2.05) is 13.0 Å². The SMILES string of the molecule is Cc1cccnc1CNC(=O)N[C@@H](CCC(N)=O)C(=O)O. The summed E-state index contributed by atoms with van der Waals surface area (Å²) in [4.78, 5) is 37.4. The Labute approximate surface area is 121 Å². The molecule has 0 bridgehead atoms. The first-order valence-corrected chi connectivity index (χ1v) is 6.36. The van der Waals surface area contributed by atoms with E-state index in [9.17, 15) is 14.4 Å². The lowest BCUT2D eigenvalue weighted by atomic mass is 10.1. The van der Waals surface area contributed by atoms with Gasteiger partial charge in [0.15, 0.2) is 0 Å². The number of rotatable bonds is 7. The van der Waals surface area contributed by atoms with Gasteiger partial charge in [0.2, 0.25) is 5.91 Å². The van der Waals surface area contributed by atoms with E-state index in [1.54, 1.807) is 12.3 Å². The Morgan fingerprint density at radius 3 is 2.71 bits per heavy atom. The fourth-order valence-corrected chi connectivity index (χ4v) is 1.62. The molecule has 8 nitrogen and oxygen atoms in total. The van der Waals surface area contributed by atoms with Crippen molar-refractivity contribution in [1.29, 1.82) is 0 Å². The van der Waals surface area contributed by atoms with Crippen molar-refractivity contribution >= 4 is 17.9 Å². The van der Waals surface area contributed by atoms with Crippen molar-refractivity contribution in [2.24, 2.45) is 5.73 Å². The van der Waals surface area contributed by atoms with Crippen molar-refractivity contribution in [2.45, 2.75) is 32.4 Å². The van der Waals surface area contributed by atoms with Gasteiger partial charge in [0, 0.05) is 12.6 Å². The maximum Gasteiger partial charge on any atom is 0.326 e. The molecule has 1 aromatic heterocycles. The van der Waals surface area contributed by atoms with Gasteiger partial charge in [-0.25, -0.2) is 9.59 Å². The van der Waals surface area contributed by atoms with E-state index in [4.69, 9.17) is 10.8 Å². The summed E-state index contributed by atoms with van der Waals surface area (Å²) in [6, 6.07) is 1.83. The number of aryl methyl sites for hydroxylation is 1. The lowest BCUT2D eigenvalue weighted by Gasteiger charge is -2.14. The molecule has 3 amide bonds. The summed E-state index contributed by atoms with van der Waals surface area (Å²) in [6.45, 7) is 2.04. The highest BCUT2D eigenvalue weighted by Gasteiger charge is 2.20. The third-order valence-corrected chi connectivity index (χ3v) is 2.82. The van der Waals surface area contributed by atoms with Crippen molar-refractivity contribution in [3.05, 3.63) is 29.6 Å². The summed E-state index contributed by atoms with van der Waals surface area (Å²) in [5, 5.41) is 13.8. The molecule has 0 saturated heterocycles. The molecule has 1 heterocycles. The van der Waals surface area contributed by atoms with Gasteiger partial charge < -0.3 is 21.5 Å². The maximum atomic E-state index is 11.7. The lowest BCUT2D eigenvalue weighted by Crippen LogP contribution is -2.46. The molecular weight excluding hydrogens is 276 g/mol. The average molecular weight is 294 g/mol. The topological polar surface area (TPSA) is 134 Å². The zero-order valence-electron chi connectivity index (χ0n) is 11.6. The molecule has 8 heteroatoms. The van der Waals surface area contributed by atoms with Gasteiger partial charge in [-0.3, -0.25) is 9.78 Å². The Hall–Kier alpha value is -2.64. The summed E-state index contributed by atoms with van der Waals surface area (Å²) in [5.41, 5.74) is 6.56. The first-order chi connectivity index (χ1) is 9.90. The summed E-state index contributed by atoms with van der Waals surface area (Å²) >= 11 is 0. The third-order valence-electron chi connectivity index (χ3n) is 2.82. The predicted molar refractivity (Wildman–Crippen MR) is 74.2 cm³/mol. The van der Waals surface area contributed by atoms with Gasteiger partial charge in [-0.15, -0.1) is 0 Å². The zero-order valence-corrected chi connectivity index (χ0v) is 11.6. The van der Waals surface area contributed by atoms with Crippen LogP contribution in [0.5, 0.6) is 0 Å². The molecule has 21 heavy (non-hydrogen) atoms. The number of hydrogen-bond acceptors (Lipinski definition) is 4. The predicted octanol–water partition coefficient (Wildman–Crippen LogP) is -0.0921. The van der Waals surface area contributed by atoms with Crippen LogP contribution in [0.15, 0.2) is 18.3 Å². The molecule has 5 N–H and O–H groups in total. The molecule has 0 radical (unpaired) electrons. The number of nitrogens with one attached hydrogen (secondary N) is 2. The minimum absolute atomic E-state index is 0.0549. The highest BCUT2D eigenvalue weighted by Crippen LogP contribution is 2.02. The minimum atomic E-state index is -1.22. The molecule has 0 aliphatic heterocycles. The van der Waals surface area contributed by atoms with Gasteiger partial charge in [-0.2, -0.15) is 0 Å². The number of amides is 3. The number of pyridine rings is 1. The Balaban J connectivity index is 2.49. The van der Waals surface area contributed by atoms with Crippen LogP contribution >= 0.6 is 0 Å². The standard InChI is InChI=1S/C13H18N4O4/c1-8-3-2-6-15-10(8)7-16-13(21)17-9(12(19)20)4-5-11(14)18/h2-3,6,9H,4-5,7H2,1H3,(H2,14,18)(H,19,20)(H2,16,17,21)/t9-/m0/s1. The van der Waals surface area contributed by atoms with E-state index in [1.165, 1.54) is 0 Å². The Kier molecular flexibility index (Phi) is 6.12. The van der Waals surface area contributed by atoms with Crippen LogP contribution in [0.1, 0.15) is 24.1 Å². The number of aliphatic carboxylic acids is 1. The van der Waals surface area contributed by atoms with Gasteiger partial charge in [-0.05, 0) is 25.0 Å². The largest absolute Gasteiger partial charge is 0.480 e. The van der Waals surface area contributed by atoms with E-state index in [0.717, 1.165) is 5.56 Å². The van der Waals surface area contributed by atoms with E-state index >= 15 is 0 Å². The van der Waals surface area contributed by atoms with E-state index in [2.05, 4.69) is 15.6 Å². The quantitative estimate of drug-likeness (QED) is 0.557. The number of carbonyl (C=O) groups excluding carboxylic acids is 2. The molecule has 0 spiro atoms. The third kappa shape index (κ3) is 5.89. The lowest BCUT2D eigenvalue weighted by molar-refractivity contribution is -0.139. The smallest absolute Gasteiger partial charge is 0.326 e. The average Bonchev–Trinajstić information content (AvgIpc) is 2.42. The van der Waals surface area contributed by atoms with Crippen LogP contribution in [-0.2, 0) is 16.1 Å². The molecule has 114 valence electrons.